The number of methoxy groups -OCH3 is 1. The van der Waals surface area contributed by atoms with Gasteiger partial charge in [0, 0.05) is 13.1 Å². The monoisotopic (exact) mass is 459 g/mol. The van der Waals surface area contributed by atoms with Crippen molar-refractivity contribution in [3.05, 3.63) is 57.6 Å². The number of aromatic nitrogens is 4. The zero-order chi connectivity index (χ0) is 20.6. The molecule has 0 aliphatic rings. The van der Waals surface area contributed by atoms with E-state index < -0.39 is 0 Å². The number of aryl methyl sites for hydroxylation is 2. The lowest BCUT2D eigenvalue weighted by Gasteiger charge is -2.15. The number of hydrogen-bond acceptors (Lipinski definition) is 6. The molecular weight excluding hydrogens is 434 g/mol. The maximum atomic E-state index is 6.07. The van der Waals surface area contributed by atoms with E-state index in [1.807, 2.05) is 24.3 Å². The fourth-order valence-corrected chi connectivity index (χ4v) is 3.51. The third kappa shape index (κ3) is 5.47. The van der Waals surface area contributed by atoms with Crippen molar-refractivity contribution in [2.75, 3.05) is 12.4 Å². The normalized spacial score (nSPS) is 10.8. The van der Waals surface area contributed by atoms with Crippen molar-refractivity contribution in [2.45, 2.75) is 46.4 Å². The molecule has 3 aromatic rings. The van der Waals surface area contributed by atoms with E-state index in [9.17, 15) is 0 Å². The molecule has 1 aromatic heterocycles. The van der Waals surface area contributed by atoms with Gasteiger partial charge in [0.2, 0.25) is 5.95 Å². The fraction of sp³-hybridized carbons (Fsp3) is 0.381. The molecule has 0 saturated heterocycles. The first-order valence-electron chi connectivity index (χ1n) is 9.66. The molecule has 1 N–H and O–H groups in total. The number of nitrogens with zero attached hydrogens (tertiary/aromatic N) is 4. The highest BCUT2D eigenvalue weighted by molar-refractivity contribution is 9.10. The number of benzene rings is 2. The first-order chi connectivity index (χ1) is 14.1. The van der Waals surface area contributed by atoms with Gasteiger partial charge in [-0.05, 0) is 68.5 Å². The number of rotatable bonds is 10. The molecule has 0 saturated carbocycles. The number of tetrazole rings is 1. The second kappa shape index (κ2) is 10.2. The summed E-state index contributed by atoms with van der Waals surface area (Å²) in [5.41, 5.74) is 3.37. The number of ether oxygens (including phenoxy) is 2. The summed E-state index contributed by atoms with van der Waals surface area (Å²) in [6, 6.07) is 12.2. The second-order valence-electron chi connectivity index (χ2n) is 6.76. The molecule has 1 heterocycles. The molecule has 0 atom stereocenters. The van der Waals surface area contributed by atoms with E-state index in [2.05, 4.69) is 62.8 Å². The quantitative estimate of drug-likeness (QED) is 0.471. The van der Waals surface area contributed by atoms with Crippen molar-refractivity contribution in [1.29, 1.82) is 0 Å². The summed E-state index contributed by atoms with van der Waals surface area (Å²) in [7, 11) is 1.64. The molecule has 0 bridgehead atoms. The predicted molar refractivity (Wildman–Crippen MR) is 116 cm³/mol. The molecule has 3 rings (SSSR count). The van der Waals surface area contributed by atoms with Crippen LogP contribution in [-0.2, 0) is 19.7 Å². The van der Waals surface area contributed by atoms with Crippen LogP contribution in [0.1, 0.15) is 36.5 Å². The molecule has 2 aromatic carbocycles. The third-order valence-electron chi connectivity index (χ3n) is 4.63. The molecule has 0 aliphatic heterocycles. The minimum atomic E-state index is 0.478. The Bertz CT molecular complexity index is 945. The van der Waals surface area contributed by atoms with Gasteiger partial charge in [-0.15, -0.1) is 0 Å². The van der Waals surface area contributed by atoms with Crippen LogP contribution in [-0.4, -0.2) is 27.3 Å². The van der Waals surface area contributed by atoms with Crippen molar-refractivity contribution in [2.24, 2.45) is 0 Å². The Balaban J connectivity index is 1.70. The van der Waals surface area contributed by atoms with Gasteiger partial charge in [0.05, 0.1) is 11.6 Å². The van der Waals surface area contributed by atoms with Gasteiger partial charge in [-0.25, -0.2) is 4.68 Å². The Morgan fingerprint density at radius 1 is 1.21 bits per heavy atom. The number of hydrogen-bond donors (Lipinski definition) is 1. The Labute approximate surface area is 179 Å². The van der Waals surface area contributed by atoms with Crippen molar-refractivity contribution >= 4 is 21.9 Å². The average Bonchev–Trinajstić information content (AvgIpc) is 3.18. The Kier molecular flexibility index (Phi) is 7.46. The summed E-state index contributed by atoms with van der Waals surface area (Å²) in [6.07, 6.45) is 2.12. The summed E-state index contributed by atoms with van der Waals surface area (Å²) in [4.78, 5) is 0. The van der Waals surface area contributed by atoms with Crippen molar-refractivity contribution in [3.8, 4) is 11.5 Å². The van der Waals surface area contributed by atoms with Crippen LogP contribution in [0.4, 0.5) is 5.95 Å². The molecule has 0 radical (unpaired) electrons. The molecule has 0 amide bonds. The lowest BCUT2D eigenvalue weighted by molar-refractivity contribution is 0.282. The van der Waals surface area contributed by atoms with Gasteiger partial charge in [0.1, 0.15) is 6.61 Å². The summed E-state index contributed by atoms with van der Waals surface area (Å²) in [6.45, 7) is 6.06. The zero-order valence-corrected chi connectivity index (χ0v) is 18.6. The topological polar surface area (TPSA) is 74.1 Å². The maximum Gasteiger partial charge on any atom is 0.243 e. The van der Waals surface area contributed by atoms with Crippen LogP contribution < -0.4 is 14.8 Å². The molecule has 8 heteroatoms. The summed E-state index contributed by atoms with van der Waals surface area (Å²) in [5, 5.41) is 15.1. The molecule has 154 valence electrons. The Morgan fingerprint density at radius 2 is 2.03 bits per heavy atom. The summed E-state index contributed by atoms with van der Waals surface area (Å²) in [5.74, 6) is 2.02. The average molecular weight is 460 g/mol. The molecule has 7 nitrogen and oxygen atoms in total. The van der Waals surface area contributed by atoms with E-state index in [1.54, 1.807) is 11.8 Å². The van der Waals surface area contributed by atoms with Crippen LogP contribution in [0.15, 0.2) is 40.9 Å². The SMILES string of the molecule is CCCCn1nnnc1NCc1cc(Br)c(OCc2ccccc2C)c(OC)c1. The first-order valence-corrected chi connectivity index (χ1v) is 10.5. The van der Waals surface area contributed by atoms with Gasteiger partial charge in [-0.2, -0.15) is 0 Å². The number of anilines is 1. The van der Waals surface area contributed by atoms with E-state index in [0.717, 1.165) is 35.0 Å². The fourth-order valence-electron chi connectivity index (χ4n) is 2.91. The largest absolute Gasteiger partial charge is 0.493 e. The van der Waals surface area contributed by atoms with Crippen molar-refractivity contribution in [1.82, 2.24) is 20.2 Å². The van der Waals surface area contributed by atoms with E-state index in [0.29, 0.717) is 30.6 Å². The van der Waals surface area contributed by atoms with Crippen LogP contribution in [0.5, 0.6) is 11.5 Å². The molecular formula is C21H26BrN5O2. The van der Waals surface area contributed by atoms with Crippen LogP contribution >= 0.6 is 15.9 Å². The third-order valence-corrected chi connectivity index (χ3v) is 5.22. The van der Waals surface area contributed by atoms with Crippen molar-refractivity contribution < 1.29 is 9.47 Å². The van der Waals surface area contributed by atoms with Gasteiger partial charge >= 0.3 is 0 Å². The van der Waals surface area contributed by atoms with Gasteiger partial charge in [-0.3, -0.25) is 0 Å². The van der Waals surface area contributed by atoms with E-state index in [1.165, 1.54) is 5.56 Å². The van der Waals surface area contributed by atoms with E-state index in [-0.39, 0.29) is 0 Å². The molecule has 0 unspecified atom stereocenters. The molecule has 29 heavy (non-hydrogen) atoms. The van der Waals surface area contributed by atoms with Crippen molar-refractivity contribution in [3.63, 3.8) is 0 Å². The zero-order valence-electron chi connectivity index (χ0n) is 17.0. The van der Waals surface area contributed by atoms with E-state index >= 15 is 0 Å². The smallest absolute Gasteiger partial charge is 0.243 e. The Morgan fingerprint density at radius 3 is 2.79 bits per heavy atom. The highest BCUT2D eigenvalue weighted by Crippen LogP contribution is 2.37. The van der Waals surface area contributed by atoms with Gasteiger partial charge in [-0.1, -0.05) is 42.7 Å². The Hall–Kier alpha value is -2.61. The molecule has 0 aliphatic carbocycles. The minimum absolute atomic E-state index is 0.478. The van der Waals surface area contributed by atoms with Crippen LogP contribution in [0.25, 0.3) is 0 Å². The predicted octanol–water partition coefficient (Wildman–Crippen LogP) is 4.74. The lowest BCUT2D eigenvalue weighted by Crippen LogP contribution is -2.09. The standard InChI is InChI=1S/C21H26BrN5O2/c1-4-5-10-27-21(24-25-26-27)23-13-16-11-18(22)20(19(12-16)28-3)29-14-17-9-7-6-8-15(17)2/h6-9,11-12H,4-5,10,13-14H2,1-3H3,(H,23,24,26). The highest BCUT2D eigenvalue weighted by atomic mass is 79.9. The highest BCUT2D eigenvalue weighted by Gasteiger charge is 2.13. The van der Waals surface area contributed by atoms with Crippen LogP contribution in [0.2, 0.25) is 0 Å². The van der Waals surface area contributed by atoms with E-state index in [4.69, 9.17) is 9.47 Å². The maximum absolute atomic E-state index is 6.07. The summed E-state index contributed by atoms with van der Waals surface area (Å²) >= 11 is 3.62. The first kappa shape index (κ1) is 21.1. The second-order valence-corrected chi connectivity index (χ2v) is 7.61. The van der Waals surface area contributed by atoms with Crippen LogP contribution in [0.3, 0.4) is 0 Å². The van der Waals surface area contributed by atoms with Crippen LogP contribution in [0, 0.1) is 6.92 Å². The summed E-state index contributed by atoms with van der Waals surface area (Å²) < 4.78 is 14.3. The van der Waals surface area contributed by atoms with Gasteiger partial charge in [0.25, 0.3) is 0 Å². The number of halogens is 1. The molecule has 0 fully saturated rings. The molecule has 0 spiro atoms. The van der Waals surface area contributed by atoms with Gasteiger partial charge < -0.3 is 14.8 Å². The number of unbranched alkanes of at least 4 members (excludes halogenated alkanes) is 1. The number of nitrogens with one attached hydrogen (secondary N) is 1. The van der Waals surface area contributed by atoms with Gasteiger partial charge in [0.15, 0.2) is 11.5 Å². The lowest BCUT2D eigenvalue weighted by atomic mass is 10.1. The minimum Gasteiger partial charge on any atom is -0.493 e.